The van der Waals surface area contributed by atoms with E-state index in [-0.39, 0.29) is 91.1 Å². The molecule has 2 aromatic carbocycles. The molecule has 4 aliphatic rings. The molecule has 16 heteroatoms. The monoisotopic (exact) mass is 1000 g/mol. The normalized spacial score (nSPS) is 22.6. The first-order chi connectivity index (χ1) is 26.6. The van der Waals surface area contributed by atoms with E-state index in [4.69, 9.17) is 11.6 Å². The number of rotatable bonds is 5. The second-order valence-corrected chi connectivity index (χ2v) is 23.1. The van der Waals surface area contributed by atoms with Gasteiger partial charge in [0.2, 0.25) is 11.2 Å². The number of nitrogens with zero attached hydrogens (tertiary/aromatic N) is 5. The molecular formula is C42H56Br2ClKN8O2S2. The van der Waals surface area contributed by atoms with Crippen LogP contribution in [0.2, 0.25) is 5.28 Å². The smallest absolute Gasteiger partial charge is 0.358 e. The average molecular weight is 1000 g/mol. The maximum absolute atomic E-state index is 12.9. The molecule has 1 spiro atoms. The summed E-state index contributed by atoms with van der Waals surface area (Å²) in [5.41, 5.74) is 5.61. The van der Waals surface area contributed by atoms with Gasteiger partial charge in [0, 0.05) is 50.5 Å². The molecule has 3 N–H and O–H groups in total. The number of anilines is 1. The Hall–Kier alpha value is -0.534. The first-order valence-corrected chi connectivity index (χ1v) is 23.4. The van der Waals surface area contributed by atoms with E-state index in [1.54, 1.807) is 24.8 Å². The third-order valence-corrected chi connectivity index (χ3v) is 15.2. The van der Waals surface area contributed by atoms with Crippen molar-refractivity contribution in [2.24, 2.45) is 11.3 Å². The molecule has 8 rings (SSSR count). The third-order valence-electron chi connectivity index (χ3n) is 11.0. The summed E-state index contributed by atoms with van der Waals surface area (Å²) in [6.45, 7) is 16.1. The van der Waals surface area contributed by atoms with Crippen LogP contribution < -0.4 is 71.0 Å². The van der Waals surface area contributed by atoms with E-state index >= 15 is 0 Å². The minimum absolute atomic E-state index is 0. The standard InChI is InChI=1S/C21H27BrN4OS.C16H24N2OS.C4H2BrClN2.CH3.K/c1-20(2,3)28(27)25-18-17-7-5-4-6-15(17)12-21(18)8-10-26(11-9-21)19-23-13-16(22)14-24-19;1-16(2,3)20(19)18-15-13-7-5-4-6-11(13)12-8-9-17-10-14(12)15;5-3-1-7-4(6)8-2-3;;/h4-7,13-14,18,25H,8-12H2,1-3H3;4-7,12,14-15,17-18H,8-10H2,1-3H3;1-2H;1H3;/q;;;-1;+1/t18-,28-;12?,14?,15-,20-;;;/m11.../s1. The van der Waals surface area contributed by atoms with E-state index in [2.05, 4.69) is 120 Å². The van der Waals surface area contributed by atoms with Gasteiger partial charge in [0.05, 0.1) is 46.5 Å². The number of aromatic nitrogens is 4. The van der Waals surface area contributed by atoms with E-state index in [0.29, 0.717) is 11.8 Å². The second kappa shape index (κ2) is 21.7. The van der Waals surface area contributed by atoms with E-state index in [1.165, 1.54) is 28.7 Å². The third kappa shape index (κ3) is 12.3. The van der Waals surface area contributed by atoms with Crippen LogP contribution in [0.1, 0.15) is 101 Å². The molecule has 10 nitrogen and oxygen atoms in total. The fourth-order valence-electron chi connectivity index (χ4n) is 8.07. The zero-order valence-corrected chi connectivity index (χ0v) is 43.6. The minimum atomic E-state index is -1.10. The summed E-state index contributed by atoms with van der Waals surface area (Å²) in [5.74, 6) is 1.92. The molecule has 0 radical (unpaired) electrons. The molecule has 310 valence electrons. The van der Waals surface area contributed by atoms with Gasteiger partial charge in [-0.15, -0.1) is 0 Å². The van der Waals surface area contributed by atoms with Crippen LogP contribution in [0.25, 0.3) is 0 Å². The molecular weight excluding hydrogens is 947 g/mol. The Balaban J connectivity index is 0.000000216. The Bertz CT molecular complexity index is 1970. The Morgan fingerprint density at radius 3 is 1.88 bits per heavy atom. The minimum Gasteiger partial charge on any atom is -0.358 e. The van der Waals surface area contributed by atoms with Crippen LogP contribution in [0.15, 0.2) is 82.3 Å². The van der Waals surface area contributed by atoms with Crippen molar-refractivity contribution >= 4 is 71.4 Å². The quantitative estimate of drug-likeness (QED) is 0.126. The number of hydrogen-bond donors (Lipinski definition) is 3. The van der Waals surface area contributed by atoms with Gasteiger partial charge in [0.1, 0.15) is 0 Å². The molecule has 2 aliphatic carbocycles. The number of halogens is 3. The summed E-state index contributed by atoms with van der Waals surface area (Å²) >= 11 is 11.9. The number of piperidine rings is 2. The van der Waals surface area contributed by atoms with Crippen molar-refractivity contribution in [3.05, 3.63) is 117 Å². The molecule has 2 fully saturated rings. The van der Waals surface area contributed by atoms with Crippen LogP contribution >= 0.6 is 43.5 Å². The van der Waals surface area contributed by atoms with Gasteiger partial charge in [-0.25, -0.2) is 37.8 Å². The summed E-state index contributed by atoms with van der Waals surface area (Å²) in [6.07, 6.45) is 11.1. The zero-order chi connectivity index (χ0) is 40.3. The molecule has 2 saturated heterocycles. The van der Waals surface area contributed by atoms with Gasteiger partial charge in [0.15, 0.2) is 0 Å². The SMILES string of the molecule is CC(C)(C)[S@@](=O)N[C@@H]1c2ccccc2C2CCNCC21.CC(C)(C)[S@@](=O)N[C@@H]1c2ccccc2CC12CCN(c1ncc(Br)cn1)CC2.Clc1ncc(Br)cn1.[CH3-].[K+]. The van der Waals surface area contributed by atoms with Crippen molar-refractivity contribution in [1.29, 1.82) is 0 Å². The van der Waals surface area contributed by atoms with Gasteiger partial charge < -0.3 is 17.6 Å². The van der Waals surface area contributed by atoms with Crippen molar-refractivity contribution in [3.63, 3.8) is 0 Å². The van der Waals surface area contributed by atoms with Crippen molar-refractivity contribution in [2.45, 2.75) is 94.7 Å². The van der Waals surface area contributed by atoms with Gasteiger partial charge in [-0.1, -0.05) is 48.5 Å². The maximum Gasteiger partial charge on any atom is 1.00 e. The van der Waals surface area contributed by atoms with Crippen LogP contribution in [0, 0.1) is 18.8 Å². The zero-order valence-electron chi connectivity index (χ0n) is 34.9. The summed E-state index contributed by atoms with van der Waals surface area (Å²) in [6, 6.07) is 17.6. The topological polar surface area (TPSA) is 125 Å². The van der Waals surface area contributed by atoms with Crippen molar-refractivity contribution in [1.82, 2.24) is 34.7 Å². The molecule has 4 aromatic rings. The number of hydrogen-bond acceptors (Lipinski definition) is 8. The van der Waals surface area contributed by atoms with E-state index in [1.807, 2.05) is 41.5 Å². The molecule has 0 amide bonds. The average Bonchev–Trinajstić information content (AvgIpc) is 3.65. The molecule has 4 heterocycles. The Labute approximate surface area is 415 Å². The van der Waals surface area contributed by atoms with Crippen molar-refractivity contribution in [3.8, 4) is 0 Å². The van der Waals surface area contributed by atoms with Gasteiger partial charge in [-0.2, -0.15) is 0 Å². The van der Waals surface area contributed by atoms with Gasteiger partial charge in [-0.3, -0.25) is 0 Å². The predicted molar refractivity (Wildman–Crippen MR) is 243 cm³/mol. The molecule has 2 unspecified atom stereocenters. The van der Waals surface area contributed by atoms with Crippen LogP contribution in [-0.4, -0.2) is 64.0 Å². The summed E-state index contributed by atoms with van der Waals surface area (Å²) in [5, 5.41) is 3.77. The van der Waals surface area contributed by atoms with Gasteiger partial charge in [0.25, 0.3) is 0 Å². The second-order valence-electron chi connectivity index (χ2n) is 16.9. The van der Waals surface area contributed by atoms with Crippen molar-refractivity contribution in [2.75, 3.05) is 31.1 Å². The predicted octanol–water partition coefficient (Wildman–Crippen LogP) is 6.01. The van der Waals surface area contributed by atoms with Crippen molar-refractivity contribution < 1.29 is 59.8 Å². The molecule has 2 aliphatic heterocycles. The number of fused-ring (bicyclic) bond motifs is 4. The first kappa shape index (κ1) is 50.1. The van der Waals surface area contributed by atoms with Crippen LogP contribution in [0.4, 0.5) is 5.95 Å². The van der Waals surface area contributed by atoms with Crippen LogP contribution in [0.5, 0.6) is 0 Å². The summed E-state index contributed by atoms with van der Waals surface area (Å²) in [7, 11) is -2.13. The number of benzene rings is 2. The van der Waals surface area contributed by atoms with Crippen LogP contribution in [0.3, 0.4) is 0 Å². The molecule has 58 heavy (non-hydrogen) atoms. The Morgan fingerprint density at radius 2 is 1.31 bits per heavy atom. The first-order valence-electron chi connectivity index (χ1n) is 19.1. The fourth-order valence-corrected chi connectivity index (χ4v) is 10.4. The van der Waals surface area contributed by atoms with Gasteiger partial charge >= 0.3 is 51.4 Å². The summed E-state index contributed by atoms with van der Waals surface area (Å²) < 4.78 is 33.6. The molecule has 6 atom stereocenters. The van der Waals surface area contributed by atoms with E-state index < -0.39 is 22.0 Å². The Morgan fingerprint density at radius 1 is 0.793 bits per heavy atom. The van der Waals surface area contributed by atoms with E-state index in [9.17, 15) is 8.42 Å². The fraction of sp³-hybridized carbons (Fsp3) is 0.500. The van der Waals surface area contributed by atoms with E-state index in [0.717, 1.165) is 60.3 Å². The number of nitrogens with one attached hydrogen (secondary N) is 3. The summed E-state index contributed by atoms with van der Waals surface area (Å²) in [4.78, 5) is 18.6. The molecule has 0 saturated carbocycles. The van der Waals surface area contributed by atoms with Crippen LogP contribution in [-0.2, 0) is 28.4 Å². The molecule has 0 bridgehead atoms. The Kier molecular flexibility index (Phi) is 18.8. The maximum atomic E-state index is 12.9. The molecule has 2 aromatic heterocycles. The largest absolute Gasteiger partial charge is 1.00 e. The van der Waals surface area contributed by atoms with Gasteiger partial charge in [-0.05, 0) is 157 Å².